The number of hydrogen-bond acceptors (Lipinski definition) is 16. The lowest BCUT2D eigenvalue weighted by Crippen LogP contribution is -2.63. The van der Waals surface area contributed by atoms with Crippen LogP contribution in [-0.4, -0.2) is 195 Å². The number of methoxy groups -OCH3 is 2. The number of carbonyl (C=O) groups is 7. The number of amides is 6. The van der Waals surface area contributed by atoms with Crippen molar-refractivity contribution in [2.75, 3.05) is 84.6 Å². The van der Waals surface area contributed by atoms with Gasteiger partial charge in [-0.15, -0.1) is 0 Å². The van der Waals surface area contributed by atoms with Crippen molar-refractivity contribution in [3.63, 3.8) is 0 Å². The Morgan fingerprint density at radius 2 is 1.81 bits per heavy atom. The van der Waals surface area contributed by atoms with Crippen LogP contribution in [0.3, 0.4) is 0 Å². The Hall–Kier alpha value is -4.91. The second-order valence-electron chi connectivity index (χ2n) is 20.1. The maximum atomic E-state index is 14.4. The highest BCUT2D eigenvalue weighted by Crippen LogP contribution is 2.49. The van der Waals surface area contributed by atoms with Crippen molar-refractivity contribution in [3.05, 3.63) is 58.7 Å². The number of epoxide rings is 1. The summed E-state index contributed by atoms with van der Waals surface area (Å²) < 4.78 is 41.1. The van der Waals surface area contributed by atoms with Crippen molar-refractivity contribution in [1.29, 1.82) is 0 Å². The predicted molar refractivity (Wildman–Crippen MR) is 293 cm³/mol. The fourth-order valence-electron chi connectivity index (χ4n) is 9.29. The minimum absolute atomic E-state index is 0.00572. The molecule has 5 rings (SSSR count). The molecule has 1 aromatic rings. The van der Waals surface area contributed by atoms with Gasteiger partial charge in [0.05, 0.1) is 43.4 Å². The van der Waals surface area contributed by atoms with Crippen molar-refractivity contribution in [1.82, 2.24) is 25.3 Å². The number of benzene rings is 1. The highest BCUT2D eigenvalue weighted by Gasteiger charge is 2.64. The number of fused-ring (bicyclic) bond motifs is 5. The topological polar surface area (TPSA) is 245 Å². The summed E-state index contributed by atoms with van der Waals surface area (Å²) in [5, 5.41) is 17.2. The lowest BCUT2D eigenvalue weighted by molar-refractivity contribution is -0.162. The average molecular weight is 1180 g/mol. The van der Waals surface area contributed by atoms with Gasteiger partial charge in [0.15, 0.2) is 5.72 Å². The van der Waals surface area contributed by atoms with Crippen LogP contribution in [0.25, 0.3) is 0 Å². The molecule has 0 saturated carbocycles. The van der Waals surface area contributed by atoms with E-state index in [1.54, 1.807) is 59.3 Å². The Morgan fingerprint density at radius 1 is 1.08 bits per heavy atom. The summed E-state index contributed by atoms with van der Waals surface area (Å²) in [6.07, 6.45) is 5.99. The van der Waals surface area contributed by atoms with Crippen LogP contribution in [0, 0.1) is 5.92 Å². The minimum Gasteiger partial charge on any atom is -0.495 e. The van der Waals surface area contributed by atoms with Gasteiger partial charge < -0.3 is 63.2 Å². The van der Waals surface area contributed by atoms with Crippen LogP contribution >= 0.6 is 39.3 Å². The zero-order valence-electron chi connectivity index (χ0n) is 45.7. The number of hydrogen-bond donors (Lipinski definition) is 3. The number of esters is 1. The van der Waals surface area contributed by atoms with Crippen molar-refractivity contribution >= 4 is 86.1 Å². The van der Waals surface area contributed by atoms with Gasteiger partial charge in [-0.2, -0.15) is 0 Å². The van der Waals surface area contributed by atoms with E-state index in [0.717, 1.165) is 35.7 Å². The molecular formula is C53H76BrClN6O15S. The number of ether oxygens (including phenoxy) is 7. The summed E-state index contributed by atoms with van der Waals surface area (Å²) in [6, 6.07) is 2.39. The molecular weight excluding hydrogens is 1110 g/mol. The number of allylic oxidation sites excluding steroid dienone is 3. The third-order valence-electron chi connectivity index (χ3n) is 14.4. The van der Waals surface area contributed by atoms with Crippen LogP contribution in [0.4, 0.5) is 20.1 Å². The number of rotatable bonds is 17. The molecule has 0 aromatic heterocycles. The van der Waals surface area contributed by atoms with E-state index in [2.05, 4.69) is 26.6 Å². The molecule has 21 nitrogen and oxygen atoms in total. The summed E-state index contributed by atoms with van der Waals surface area (Å²) >= 11 is 10.9. The van der Waals surface area contributed by atoms with E-state index in [0.29, 0.717) is 43.9 Å². The molecule has 1 aromatic carbocycles. The van der Waals surface area contributed by atoms with Gasteiger partial charge in [0, 0.05) is 79.4 Å². The zero-order valence-corrected chi connectivity index (χ0v) is 48.8. The first-order valence-corrected chi connectivity index (χ1v) is 28.2. The third kappa shape index (κ3) is 17.3. The first kappa shape index (κ1) is 62.9. The van der Waals surface area contributed by atoms with Gasteiger partial charge in [-0.3, -0.25) is 24.5 Å². The van der Waals surface area contributed by atoms with Crippen molar-refractivity contribution in [2.24, 2.45) is 5.92 Å². The summed E-state index contributed by atoms with van der Waals surface area (Å²) in [6.45, 7) is 8.08. The van der Waals surface area contributed by atoms with Gasteiger partial charge in [-0.25, -0.2) is 14.4 Å². The number of nitrogens with zero attached hydrogens (tertiary/aromatic N) is 4. The number of halogens is 2. The van der Waals surface area contributed by atoms with Gasteiger partial charge in [-0.05, 0) is 76.6 Å². The fourth-order valence-corrected chi connectivity index (χ4v) is 10.6. The number of nitrogens with one attached hydrogen (secondary N) is 2. The largest absolute Gasteiger partial charge is 0.495 e. The summed E-state index contributed by atoms with van der Waals surface area (Å²) in [5.41, 5.74) is -1.18. The number of thioether (sulfide) groups is 1. The zero-order chi connectivity index (χ0) is 56.8. The number of aliphatic hydroxyl groups is 1. The smallest absolute Gasteiger partial charge is 0.410 e. The summed E-state index contributed by atoms with van der Waals surface area (Å²) in [7, 11) is 9.06. The van der Waals surface area contributed by atoms with Gasteiger partial charge in [-0.1, -0.05) is 76.1 Å². The van der Waals surface area contributed by atoms with Gasteiger partial charge in [0.1, 0.15) is 46.8 Å². The lowest BCUT2D eigenvalue weighted by atomic mass is 9.83. The molecule has 0 spiro atoms. The van der Waals surface area contributed by atoms with Gasteiger partial charge >= 0.3 is 18.2 Å². The Bertz CT molecular complexity index is 2380. The third-order valence-corrected chi connectivity index (χ3v) is 16.2. The van der Waals surface area contributed by atoms with E-state index in [9.17, 15) is 38.7 Å². The van der Waals surface area contributed by atoms with Crippen molar-refractivity contribution in [3.8, 4) is 5.75 Å². The van der Waals surface area contributed by atoms with E-state index < -0.39 is 83.8 Å². The Morgan fingerprint density at radius 3 is 2.51 bits per heavy atom. The predicted octanol–water partition coefficient (Wildman–Crippen LogP) is 6.15. The van der Waals surface area contributed by atoms with Gasteiger partial charge in [0.25, 0.3) is 5.24 Å². The molecule has 3 aliphatic heterocycles. The molecule has 2 fully saturated rings. The van der Waals surface area contributed by atoms with Crippen LogP contribution in [-0.2, 0) is 54.0 Å². The number of alkyl halides is 1. The molecule has 2 saturated heterocycles. The molecule has 10 atom stereocenters. The minimum atomic E-state index is -1.88. The lowest BCUT2D eigenvalue weighted by Gasteiger charge is -2.42. The SMILES string of the molecule is COc1cc2cc(c1Cl)N(C)C(=O)C[C@H](OC(=O)[C@H](C)N(C)C(=O)CCSC(=O)N(C)CCN(C)C(=O)OC1C=CCC(OCCNC(=O)CBr)CCC1)[C@]1(C)O[C@H]1[C@H](C)[C@@H]1C[C@@](O)(NC(=O)O1)[C@H](OC)C=CC=C(C)C2. The van der Waals surface area contributed by atoms with Crippen molar-refractivity contribution < 1.29 is 71.8 Å². The molecule has 2 unspecified atom stereocenters. The maximum Gasteiger partial charge on any atom is 0.410 e. The molecule has 6 amide bonds. The molecule has 1 aliphatic carbocycles. The molecule has 428 valence electrons. The first-order valence-electron chi connectivity index (χ1n) is 25.7. The molecule has 4 aliphatic rings. The van der Waals surface area contributed by atoms with E-state index in [1.807, 2.05) is 25.2 Å². The van der Waals surface area contributed by atoms with Crippen LogP contribution in [0.2, 0.25) is 5.02 Å². The molecule has 3 N–H and O–H groups in total. The van der Waals surface area contributed by atoms with Gasteiger partial charge in [0.2, 0.25) is 17.7 Å². The second kappa shape index (κ2) is 28.8. The van der Waals surface area contributed by atoms with E-state index >= 15 is 0 Å². The van der Waals surface area contributed by atoms with Crippen LogP contribution in [0.5, 0.6) is 5.75 Å². The summed E-state index contributed by atoms with van der Waals surface area (Å²) in [5.74, 6) is -2.04. The molecule has 24 heteroatoms. The Kier molecular flexibility index (Phi) is 23.5. The Labute approximate surface area is 469 Å². The fraction of sp³-hybridized carbons (Fsp3) is 0.642. The summed E-state index contributed by atoms with van der Waals surface area (Å²) in [4.78, 5) is 97.9. The molecule has 3 heterocycles. The van der Waals surface area contributed by atoms with Crippen molar-refractivity contribution in [2.45, 2.75) is 133 Å². The van der Waals surface area contributed by atoms with Crippen LogP contribution in [0.15, 0.2) is 48.1 Å². The monoisotopic (exact) mass is 1180 g/mol. The quantitative estimate of drug-likeness (QED) is 0.0395. The highest BCUT2D eigenvalue weighted by atomic mass is 79.9. The van der Waals surface area contributed by atoms with Crippen LogP contribution in [0.1, 0.15) is 78.2 Å². The Balaban J connectivity index is 1.18. The molecule has 0 radical (unpaired) electrons. The number of anilines is 1. The molecule has 77 heavy (non-hydrogen) atoms. The number of alkyl carbamates (subject to hydrolysis) is 1. The molecule has 4 bridgehead atoms. The normalized spacial score (nSPS) is 27.0. The average Bonchev–Trinajstić information content (AvgIpc) is 4.19. The standard InChI is InChI=1S/C53H76BrClN6O15S/c1-32-14-11-19-41(71-10)53(69)30-40(74-49(66)57-53)33(2)47-52(4,76-47)42(29-45(64)61(8)38-27-35(26-32)28-39(70-9)46(38)55)75-48(65)34(3)60(7)44(63)20-25-77-51(68)59(6)23-22-58(5)50(67)73-37-17-12-15-36(16-13-18-37)72-24-21-56-43(62)31-54/h11-12,14,17,19,27-28,33-34,36-37,40-42,47,69H,13,15-16,18,20-26,29-31H2,1-10H3,(H,56,62)(H,57,66)/t33-,34+,36?,37?,40+,41-,42+,47+,52+,53+/m1/s1. The number of carbonyl (C=O) groups excluding carboxylic acids is 7. The number of likely N-dealkylation sites (N-methyl/N-ethyl adjacent to an activating group) is 3. The first-order chi connectivity index (χ1) is 36.4. The maximum absolute atomic E-state index is 14.4. The second-order valence-corrected chi connectivity index (χ2v) is 22.1. The highest BCUT2D eigenvalue weighted by molar-refractivity contribution is 9.09. The van der Waals surface area contributed by atoms with E-state index in [4.69, 9.17) is 44.8 Å². The van der Waals surface area contributed by atoms with E-state index in [-0.39, 0.29) is 65.7 Å². The van der Waals surface area contributed by atoms with E-state index in [1.165, 1.54) is 47.8 Å². The van der Waals surface area contributed by atoms with Crippen LogP contribution < -0.4 is 20.3 Å².